The monoisotopic (exact) mass is 372 g/mol. The SMILES string of the molecule is CCn1c(CN(C)C(=O)c2cc3ccc(C)cc3nc2C)nc2ccccc21. The molecule has 0 aliphatic heterocycles. The van der Waals surface area contributed by atoms with Crippen molar-refractivity contribution < 1.29 is 4.79 Å². The largest absolute Gasteiger partial charge is 0.334 e. The molecule has 5 heteroatoms. The molecule has 4 aromatic rings. The summed E-state index contributed by atoms with van der Waals surface area (Å²) >= 11 is 0. The van der Waals surface area contributed by atoms with Crippen LogP contribution < -0.4 is 0 Å². The topological polar surface area (TPSA) is 51.0 Å². The fourth-order valence-corrected chi connectivity index (χ4v) is 3.68. The molecule has 0 aliphatic carbocycles. The van der Waals surface area contributed by atoms with Gasteiger partial charge >= 0.3 is 0 Å². The summed E-state index contributed by atoms with van der Waals surface area (Å²) in [4.78, 5) is 24.2. The molecule has 0 N–H and O–H groups in total. The van der Waals surface area contributed by atoms with E-state index >= 15 is 0 Å². The van der Waals surface area contributed by atoms with E-state index in [0.29, 0.717) is 12.1 Å². The molecule has 0 saturated carbocycles. The number of aryl methyl sites for hydroxylation is 3. The van der Waals surface area contributed by atoms with E-state index in [1.165, 1.54) is 0 Å². The lowest BCUT2D eigenvalue weighted by Gasteiger charge is -2.19. The van der Waals surface area contributed by atoms with Crippen LogP contribution in [0.5, 0.6) is 0 Å². The average Bonchev–Trinajstić information content (AvgIpc) is 3.03. The number of pyridine rings is 1. The van der Waals surface area contributed by atoms with Crippen LogP contribution in [-0.4, -0.2) is 32.4 Å². The molecule has 0 unspecified atom stereocenters. The third-order valence-electron chi connectivity index (χ3n) is 5.17. The van der Waals surface area contributed by atoms with Crippen molar-refractivity contribution in [3.63, 3.8) is 0 Å². The molecule has 0 bridgehead atoms. The van der Waals surface area contributed by atoms with Gasteiger partial charge in [-0.25, -0.2) is 4.98 Å². The number of carbonyl (C=O) groups is 1. The van der Waals surface area contributed by atoms with E-state index in [2.05, 4.69) is 22.5 Å². The van der Waals surface area contributed by atoms with Gasteiger partial charge in [-0.3, -0.25) is 9.78 Å². The standard InChI is InChI=1S/C23H24N4O/c1-5-27-21-9-7-6-8-19(21)25-22(27)14-26(4)23(28)18-13-17-11-10-15(2)12-20(17)24-16(18)3/h6-13H,5,14H2,1-4H3. The minimum Gasteiger partial charge on any atom is -0.334 e. The molecule has 4 rings (SSSR count). The summed E-state index contributed by atoms with van der Waals surface area (Å²) in [6.45, 7) is 7.30. The zero-order valence-electron chi connectivity index (χ0n) is 16.7. The highest BCUT2D eigenvalue weighted by atomic mass is 16.2. The van der Waals surface area contributed by atoms with Gasteiger partial charge in [0, 0.05) is 19.0 Å². The number of hydrogen-bond donors (Lipinski definition) is 0. The van der Waals surface area contributed by atoms with Crippen LogP contribution in [0.25, 0.3) is 21.9 Å². The lowest BCUT2D eigenvalue weighted by molar-refractivity contribution is 0.0779. The highest BCUT2D eigenvalue weighted by Crippen LogP contribution is 2.21. The normalized spacial score (nSPS) is 11.3. The maximum absolute atomic E-state index is 13.1. The fourth-order valence-electron chi connectivity index (χ4n) is 3.68. The summed E-state index contributed by atoms with van der Waals surface area (Å²) in [7, 11) is 1.82. The Morgan fingerprint density at radius 3 is 2.61 bits per heavy atom. The number of imidazole rings is 1. The summed E-state index contributed by atoms with van der Waals surface area (Å²) in [6, 6.07) is 16.1. The summed E-state index contributed by atoms with van der Waals surface area (Å²) in [5, 5.41) is 0.980. The van der Waals surface area contributed by atoms with Gasteiger partial charge in [0.2, 0.25) is 0 Å². The van der Waals surface area contributed by atoms with Crippen molar-refractivity contribution in [2.45, 2.75) is 33.9 Å². The molecule has 0 radical (unpaired) electrons. The highest BCUT2D eigenvalue weighted by molar-refractivity contribution is 5.98. The Morgan fingerprint density at radius 2 is 1.82 bits per heavy atom. The van der Waals surface area contributed by atoms with Gasteiger partial charge in [-0.2, -0.15) is 0 Å². The van der Waals surface area contributed by atoms with Gasteiger partial charge in [-0.05, 0) is 50.6 Å². The van der Waals surface area contributed by atoms with Crippen LogP contribution >= 0.6 is 0 Å². The molecule has 2 aromatic carbocycles. The predicted octanol–water partition coefficient (Wildman–Crippen LogP) is 4.49. The van der Waals surface area contributed by atoms with Crippen LogP contribution in [0, 0.1) is 13.8 Å². The quantitative estimate of drug-likeness (QED) is 0.530. The van der Waals surface area contributed by atoms with Crippen LogP contribution in [0.4, 0.5) is 0 Å². The molecule has 28 heavy (non-hydrogen) atoms. The molecule has 142 valence electrons. The molecule has 0 aliphatic rings. The van der Waals surface area contributed by atoms with Crippen LogP contribution in [0.2, 0.25) is 0 Å². The Bertz CT molecular complexity index is 1190. The van der Waals surface area contributed by atoms with E-state index < -0.39 is 0 Å². The molecular weight excluding hydrogens is 348 g/mol. The molecule has 0 atom stereocenters. The second-order valence-electron chi connectivity index (χ2n) is 7.24. The molecule has 1 amide bonds. The van der Waals surface area contributed by atoms with E-state index in [4.69, 9.17) is 4.98 Å². The maximum Gasteiger partial charge on any atom is 0.255 e. The van der Waals surface area contributed by atoms with Crippen molar-refractivity contribution in [1.82, 2.24) is 19.4 Å². The third kappa shape index (κ3) is 3.13. The number of fused-ring (bicyclic) bond motifs is 2. The van der Waals surface area contributed by atoms with Crippen LogP contribution in [-0.2, 0) is 13.1 Å². The molecule has 0 fully saturated rings. The zero-order chi connectivity index (χ0) is 19.8. The molecule has 2 heterocycles. The second-order valence-corrected chi connectivity index (χ2v) is 7.24. The first kappa shape index (κ1) is 18.2. The van der Waals surface area contributed by atoms with Gasteiger partial charge in [0.15, 0.2) is 0 Å². The summed E-state index contributed by atoms with van der Waals surface area (Å²) < 4.78 is 2.16. The fraction of sp³-hybridized carbons (Fsp3) is 0.261. The number of rotatable bonds is 4. The van der Waals surface area contributed by atoms with Gasteiger partial charge in [-0.15, -0.1) is 0 Å². The van der Waals surface area contributed by atoms with Crippen molar-refractivity contribution in [2.24, 2.45) is 0 Å². The lowest BCUT2D eigenvalue weighted by Crippen LogP contribution is -2.28. The minimum atomic E-state index is -0.0396. The second kappa shape index (κ2) is 7.08. The molecule has 2 aromatic heterocycles. The number of benzene rings is 2. The Kier molecular flexibility index (Phi) is 4.59. The van der Waals surface area contributed by atoms with Gasteiger partial charge in [0.05, 0.1) is 34.4 Å². The molecule has 5 nitrogen and oxygen atoms in total. The van der Waals surface area contributed by atoms with Crippen LogP contribution in [0.1, 0.15) is 34.4 Å². The van der Waals surface area contributed by atoms with Crippen LogP contribution in [0.15, 0.2) is 48.5 Å². The third-order valence-corrected chi connectivity index (χ3v) is 5.17. The first-order valence-electron chi connectivity index (χ1n) is 9.55. The van der Waals surface area contributed by atoms with Gasteiger partial charge in [0.1, 0.15) is 5.82 Å². The molecule has 0 spiro atoms. The van der Waals surface area contributed by atoms with Gasteiger partial charge < -0.3 is 9.47 Å². The molecule has 0 saturated heterocycles. The average molecular weight is 372 g/mol. The number of amides is 1. The Labute approximate surface area is 164 Å². The lowest BCUT2D eigenvalue weighted by atomic mass is 10.1. The zero-order valence-corrected chi connectivity index (χ0v) is 16.7. The Morgan fingerprint density at radius 1 is 1.04 bits per heavy atom. The number of nitrogens with zero attached hydrogens (tertiary/aromatic N) is 4. The van der Waals surface area contributed by atoms with E-state index in [-0.39, 0.29) is 5.91 Å². The van der Waals surface area contributed by atoms with E-state index in [1.54, 1.807) is 4.90 Å². The first-order valence-corrected chi connectivity index (χ1v) is 9.55. The number of carbonyl (C=O) groups excluding carboxylic acids is 1. The smallest absolute Gasteiger partial charge is 0.255 e. The van der Waals surface area contributed by atoms with E-state index in [1.807, 2.05) is 63.4 Å². The van der Waals surface area contributed by atoms with Crippen molar-refractivity contribution in [2.75, 3.05) is 7.05 Å². The Hall–Kier alpha value is -3.21. The highest BCUT2D eigenvalue weighted by Gasteiger charge is 2.19. The van der Waals surface area contributed by atoms with E-state index in [9.17, 15) is 4.79 Å². The summed E-state index contributed by atoms with van der Waals surface area (Å²) in [6.07, 6.45) is 0. The van der Waals surface area contributed by atoms with Crippen LogP contribution in [0.3, 0.4) is 0 Å². The number of hydrogen-bond acceptors (Lipinski definition) is 3. The number of para-hydroxylation sites is 2. The number of aromatic nitrogens is 3. The predicted molar refractivity (Wildman–Crippen MR) is 112 cm³/mol. The van der Waals surface area contributed by atoms with Crippen molar-refractivity contribution in [3.05, 3.63) is 71.2 Å². The van der Waals surface area contributed by atoms with E-state index in [0.717, 1.165) is 45.6 Å². The minimum absolute atomic E-state index is 0.0396. The van der Waals surface area contributed by atoms with Crippen molar-refractivity contribution >= 4 is 27.8 Å². The summed E-state index contributed by atoms with van der Waals surface area (Å²) in [5.41, 5.74) is 5.52. The molecular formula is C23H24N4O. The van der Waals surface area contributed by atoms with Crippen molar-refractivity contribution in [3.8, 4) is 0 Å². The van der Waals surface area contributed by atoms with Gasteiger partial charge in [0.25, 0.3) is 5.91 Å². The van der Waals surface area contributed by atoms with Gasteiger partial charge in [-0.1, -0.05) is 24.3 Å². The van der Waals surface area contributed by atoms with Crippen molar-refractivity contribution in [1.29, 1.82) is 0 Å². The first-order chi connectivity index (χ1) is 13.5. The summed E-state index contributed by atoms with van der Waals surface area (Å²) in [5.74, 6) is 0.851. The maximum atomic E-state index is 13.1. The Balaban J connectivity index is 1.66.